The monoisotopic (exact) mass is 480 g/mol. The molecule has 144 valence electrons. The van der Waals surface area contributed by atoms with E-state index in [1.165, 1.54) is 5.39 Å². The van der Waals surface area contributed by atoms with E-state index in [1.54, 1.807) is 14.2 Å². The molecular weight excluding hydrogens is 455 g/mol. The van der Waals surface area contributed by atoms with Gasteiger partial charge in [0.1, 0.15) is 0 Å². The van der Waals surface area contributed by atoms with Crippen molar-refractivity contribution in [2.75, 3.05) is 26.1 Å². The van der Waals surface area contributed by atoms with Gasteiger partial charge in [0, 0.05) is 29.5 Å². The van der Waals surface area contributed by atoms with Crippen molar-refractivity contribution in [2.24, 2.45) is 4.99 Å². The molecule has 27 heavy (non-hydrogen) atoms. The highest BCUT2D eigenvalue weighted by atomic mass is 127. The minimum atomic E-state index is 0. The van der Waals surface area contributed by atoms with Gasteiger partial charge in [0.2, 0.25) is 0 Å². The van der Waals surface area contributed by atoms with Gasteiger partial charge in [-0.2, -0.15) is 0 Å². The molecule has 0 bridgehead atoms. The van der Waals surface area contributed by atoms with Crippen LogP contribution in [0.5, 0.6) is 11.5 Å². The van der Waals surface area contributed by atoms with Crippen LogP contribution in [0.4, 0.5) is 5.69 Å². The van der Waals surface area contributed by atoms with E-state index in [1.807, 2.05) is 37.3 Å². The Morgan fingerprint density at radius 1 is 1.04 bits per heavy atom. The molecule has 3 rings (SSSR count). The lowest BCUT2D eigenvalue weighted by molar-refractivity contribution is 0.355. The number of H-pyrrole nitrogens is 1. The second-order valence-corrected chi connectivity index (χ2v) is 5.77. The average Bonchev–Trinajstić information content (AvgIpc) is 3.09. The van der Waals surface area contributed by atoms with Gasteiger partial charge in [-0.05, 0) is 36.6 Å². The molecule has 7 heteroatoms. The van der Waals surface area contributed by atoms with Gasteiger partial charge < -0.3 is 25.1 Å². The summed E-state index contributed by atoms with van der Waals surface area (Å²) in [6, 6.07) is 16.0. The lowest BCUT2D eigenvalue weighted by atomic mass is 10.2. The first-order chi connectivity index (χ1) is 12.7. The molecule has 2 aromatic carbocycles. The third-order valence-corrected chi connectivity index (χ3v) is 3.98. The average molecular weight is 480 g/mol. The van der Waals surface area contributed by atoms with Crippen LogP contribution in [-0.4, -0.2) is 31.7 Å². The number of methoxy groups -OCH3 is 2. The van der Waals surface area contributed by atoms with Crippen LogP contribution >= 0.6 is 24.0 Å². The lowest BCUT2D eigenvalue weighted by Gasteiger charge is -2.13. The Kier molecular flexibility index (Phi) is 7.78. The molecule has 0 saturated carbocycles. The van der Waals surface area contributed by atoms with E-state index in [0.717, 1.165) is 23.4 Å². The Hall–Kier alpha value is -2.42. The zero-order valence-corrected chi connectivity index (χ0v) is 18.0. The molecule has 0 unspecified atom stereocenters. The lowest BCUT2D eigenvalue weighted by Crippen LogP contribution is -2.30. The number of hydrogen-bond donors (Lipinski definition) is 3. The van der Waals surface area contributed by atoms with E-state index in [9.17, 15) is 0 Å². The summed E-state index contributed by atoms with van der Waals surface area (Å²) in [6.07, 6.45) is 0. The van der Waals surface area contributed by atoms with Crippen LogP contribution in [0.25, 0.3) is 10.9 Å². The van der Waals surface area contributed by atoms with Gasteiger partial charge in [-0.15, -0.1) is 24.0 Å². The highest BCUT2D eigenvalue weighted by Gasteiger charge is 2.06. The number of aromatic nitrogens is 1. The standard InChI is InChI=1S/C20H24N4O2.HI/c1-4-21-20(24-15-9-10-18(25-2)19(12-15)26-3)22-13-16-11-14-7-5-6-8-17(14)23-16;/h5-12,23H,4,13H2,1-3H3,(H2,21,22,24);1H. The highest BCUT2D eigenvalue weighted by molar-refractivity contribution is 14.0. The number of guanidine groups is 1. The van der Waals surface area contributed by atoms with Crippen LogP contribution in [0.1, 0.15) is 12.6 Å². The number of fused-ring (bicyclic) bond motifs is 1. The normalized spacial score (nSPS) is 11.0. The van der Waals surface area contributed by atoms with Crippen LogP contribution in [0, 0.1) is 0 Å². The number of benzene rings is 2. The Morgan fingerprint density at radius 3 is 2.52 bits per heavy atom. The maximum Gasteiger partial charge on any atom is 0.196 e. The summed E-state index contributed by atoms with van der Waals surface area (Å²) in [6.45, 7) is 3.36. The number of hydrogen-bond acceptors (Lipinski definition) is 3. The van der Waals surface area contributed by atoms with Crippen LogP contribution in [0.15, 0.2) is 53.5 Å². The topological polar surface area (TPSA) is 70.7 Å². The Morgan fingerprint density at radius 2 is 1.81 bits per heavy atom. The molecule has 0 aliphatic heterocycles. The molecule has 0 radical (unpaired) electrons. The summed E-state index contributed by atoms with van der Waals surface area (Å²) < 4.78 is 10.6. The molecule has 0 spiro atoms. The predicted molar refractivity (Wildman–Crippen MR) is 122 cm³/mol. The van der Waals surface area contributed by atoms with Crippen molar-refractivity contribution >= 4 is 46.5 Å². The number of aromatic amines is 1. The SMILES string of the molecule is CCNC(=NCc1cc2ccccc2[nH]1)Nc1ccc(OC)c(OC)c1.I. The molecule has 0 atom stereocenters. The Labute approximate surface area is 176 Å². The maximum absolute atomic E-state index is 5.35. The summed E-state index contributed by atoms with van der Waals surface area (Å²) in [5.41, 5.74) is 3.06. The summed E-state index contributed by atoms with van der Waals surface area (Å²) in [4.78, 5) is 8.05. The fourth-order valence-corrected chi connectivity index (χ4v) is 2.74. The van der Waals surface area contributed by atoms with Crippen LogP contribution in [-0.2, 0) is 6.54 Å². The molecule has 3 aromatic rings. The summed E-state index contributed by atoms with van der Waals surface area (Å²) in [7, 11) is 3.24. The molecule has 1 heterocycles. The van der Waals surface area contributed by atoms with E-state index in [0.29, 0.717) is 24.0 Å². The quantitative estimate of drug-likeness (QED) is 0.278. The maximum atomic E-state index is 5.35. The predicted octanol–water partition coefficient (Wildman–Crippen LogP) is 4.38. The first-order valence-electron chi connectivity index (χ1n) is 8.57. The highest BCUT2D eigenvalue weighted by Crippen LogP contribution is 2.29. The fraction of sp³-hybridized carbons (Fsp3) is 0.250. The van der Waals surface area contributed by atoms with E-state index in [4.69, 9.17) is 9.47 Å². The van der Waals surface area contributed by atoms with E-state index in [2.05, 4.69) is 38.8 Å². The van der Waals surface area contributed by atoms with E-state index >= 15 is 0 Å². The second kappa shape index (κ2) is 10.1. The smallest absolute Gasteiger partial charge is 0.196 e. The van der Waals surface area contributed by atoms with Gasteiger partial charge in [-0.1, -0.05) is 18.2 Å². The van der Waals surface area contributed by atoms with Crippen molar-refractivity contribution < 1.29 is 9.47 Å². The molecule has 6 nitrogen and oxygen atoms in total. The van der Waals surface area contributed by atoms with Gasteiger partial charge in [-0.25, -0.2) is 4.99 Å². The fourth-order valence-electron chi connectivity index (χ4n) is 2.74. The van der Waals surface area contributed by atoms with Crippen molar-refractivity contribution in [3.8, 4) is 11.5 Å². The van der Waals surface area contributed by atoms with Gasteiger partial charge in [0.25, 0.3) is 0 Å². The molecule has 0 aliphatic rings. The van der Waals surface area contributed by atoms with Crippen LogP contribution in [0.2, 0.25) is 0 Å². The number of aliphatic imine (C=N–C) groups is 1. The third kappa shape index (κ3) is 5.29. The third-order valence-electron chi connectivity index (χ3n) is 3.98. The molecule has 3 N–H and O–H groups in total. The molecule has 0 fully saturated rings. The molecule has 0 amide bonds. The van der Waals surface area contributed by atoms with Gasteiger partial charge in [0.05, 0.1) is 20.8 Å². The van der Waals surface area contributed by atoms with E-state index < -0.39 is 0 Å². The molecule has 0 aliphatic carbocycles. The van der Waals surface area contributed by atoms with Crippen LogP contribution in [0.3, 0.4) is 0 Å². The van der Waals surface area contributed by atoms with Crippen molar-refractivity contribution in [3.63, 3.8) is 0 Å². The number of ether oxygens (including phenoxy) is 2. The number of para-hydroxylation sites is 1. The number of rotatable bonds is 6. The molecular formula is C20H25IN4O2. The van der Waals surface area contributed by atoms with Gasteiger partial charge in [-0.3, -0.25) is 0 Å². The Bertz CT molecular complexity index is 875. The summed E-state index contributed by atoms with van der Waals surface area (Å²) in [5.74, 6) is 2.07. The number of halogens is 1. The van der Waals surface area contributed by atoms with Crippen molar-refractivity contribution in [3.05, 3.63) is 54.2 Å². The van der Waals surface area contributed by atoms with Crippen molar-refractivity contribution in [1.29, 1.82) is 0 Å². The first kappa shape index (κ1) is 20.9. The minimum Gasteiger partial charge on any atom is -0.493 e. The zero-order valence-electron chi connectivity index (χ0n) is 15.7. The second-order valence-electron chi connectivity index (χ2n) is 5.77. The molecule has 1 aromatic heterocycles. The number of nitrogens with one attached hydrogen (secondary N) is 3. The Balaban J connectivity index is 0.00000261. The van der Waals surface area contributed by atoms with Crippen molar-refractivity contribution in [1.82, 2.24) is 10.3 Å². The number of anilines is 1. The zero-order chi connectivity index (χ0) is 18.4. The minimum absolute atomic E-state index is 0. The first-order valence-corrected chi connectivity index (χ1v) is 8.57. The van der Waals surface area contributed by atoms with Gasteiger partial charge in [0.15, 0.2) is 17.5 Å². The largest absolute Gasteiger partial charge is 0.493 e. The van der Waals surface area contributed by atoms with Crippen molar-refractivity contribution in [2.45, 2.75) is 13.5 Å². The molecule has 0 saturated heterocycles. The number of nitrogens with zero attached hydrogens (tertiary/aromatic N) is 1. The summed E-state index contributed by atoms with van der Waals surface area (Å²) >= 11 is 0. The van der Waals surface area contributed by atoms with Crippen LogP contribution < -0.4 is 20.1 Å². The van der Waals surface area contributed by atoms with Gasteiger partial charge >= 0.3 is 0 Å². The summed E-state index contributed by atoms with van der Waals surface area (Å²) in [5, 5.41) is 7.74. The van der Waals surface area contributed by atoms with E-state index in [-0.39, 0.29) is 24.0 Å².